The number of hydrogen-bond acceptors (Lipinski definition) is 5. The molecule has 2 N–H and O–H groups in total. The lowest BCUT2D eigenvalue weighted by atomic mass is 10.1. The molecule has 1 atom stereocenters. The molecule has 3 heterocycles. The van der Waals surface area contributed by atoms with Gasteiger partial charge >= 0.3 is 6.18 Å². The highest BCUT2D eigenvalue weighted by molar-refractivity contribution is 5.94. The minimum Gasteiger partial charge on any atom is -0.348 e. The number of nitrogens with one attached hydrogen (secondary N) is 2. The Balaban J connectivity index is 1.77. The maximum absolute atomic E-state index is 13.1. The van der Waals surface area contributed by atoms with E-state index in [1.165, 1.54) is 12.4 Å². The summed E-state index contributed by atoms with van der Waals surface area (Å²) in [6.07, 6.45) is -0.923. The molecule has 0 aliphatic rings. The highest BCUT2D eigenvalue weighted by Gasteiger charge is 2.31. The van der Waals surface area contributed by atoms with E-state index in [0.29, 0.717) is 5.56 Å². The summed E-state index contributed by atoms with van der Waals surface area (Å²) in [6, 6.07) is 12.5. The Hall–Kier alpha value is -3.93. The molecule has 4 rings (SSSR count). The molecular weight excluding hydrogens is 393 g/mol. The summed E-state index contributed by atoms with van der Waals surface area (Å²) >= 11 is 0. The number of pyridine rings is 1. The van der Waals surface area contributed by atoms with Gasteiger partial charge in [0.1, 0.15) is 11.7 Å². The number of anilines is 1. The highest BCUT2D eigenvalue weighted by Crippen LogP contribution is 2.34. The number of hydrogen-bond donors (Lipinski definition) is 2. The summed E-state index contributed by atoms with van der Waals surface area (Å²) in [6.45, 7) is 1.93. The molecule has 0 unspecified atom stereocenters. The lowest BCUT2D eigenvalue weighted by Crippen LogP contribution is -2.10. The second-order valence-electron chi connectivity index (χ2n) is 6.66. The molecule has 0 bridgehead atoms. The van der Waals surface area contributed by atoms with E-state index in [2.05, 4.69) is 25.3 Å². The highest BCUT2D eigenvalue weighted by atomic mass is 19.4. The Kier molecular flexibility index (Phi) is 4.83. The molecule has 0 saturated heterocycles. The normalized spacial score (nSPS) is 12.5. The Morgan fingerprint density at radius 1 is 1.13 bits per heavy atom. The monoisotopic (exact) mass is 408 g/mol. The minimum atomic E-state index is -4.53. The first-order chi connectivity index (χ1) is 14.4. The molecule has 0 fully saturated rings. The molecule has 6 nitrogen and oxygen atoms in total. The summed E-state index contributed by atoms with van der Waals surface area (Å²) in [4.78, 5) is 15.3. The molecule has 4 aromatic rings. The van der Waals surface area contributed by atoms with Crippen LogP contribution in [0, 0.1) is 11.3 Å². The van der Waals surface area contributed by atoms with E-state index in [0.717, 1.165) is 17.8 Å². The van der Waals surface area contributed by atoms with Gasteiger partial charge < -0.3 is 10.3 Å². The molecule has 150 valence electrons. The molecule has 0 amide bonds. The van der Waals surface area contributed by atoms with E-state index in [4.69, 9.17) is 0 Å². The van der Waals surface area contributed by atoms with Gasteiger partial charge in [-0.05, 0) is 18.6 Å². The molecule has 3 aromatic heterocycles. The van der Waals surface area contributed by atoms with Gasteiger partial charge in [-0.15, -0.1) is 0 Å². The quantitative estimate of drug-likeness (QED) is 0.491. The third-order valence-electron chi connectivity index (χ3n) is 4.67. The number of rotatable bonds is 4. The fraction of sp³-hybridized carbons (Fsp3) is 0.143. The predicted molar refractivity (Wildman–Crippen MR) is 105 cm³/mol. The van der Waals surface area contributed by atoms with E-state index in [9.17, 15) is 18.4 Å². The van der Waals surface area contributed by atoms with E-state index in [1.54, 1.807) is 0 Å². The number of aromatic nitrogens is 4. The first kappa shape index (κ1) is 19.4. The maximum Gasteiger partial charge on any atom is 0.417 e. The topological polar surface area (TPSA) is 90.3 Å². The number of H-pyrrole nitrogens is 1. The van der Waals surface area contributed by atoms with Crippen LogP contribution in [0.3, 0.4) is 0 Å². The van der Waals surface area contributed by atoms with Gasteiger partial charge in [0.2, 0.25) is 5.95 Å². The zero-order valence-electron chi connectivity index (χ0n) is 15.7. The molecule has 30 heavy (non-hydrogen) atoms. The predicted octanol–water partition coefficient (Wildman–Crippen LogP) is 5.08. The van der Waals surface area contributed by atoms with Crippen LogP contribution in [0.15, 0.2) is 55.0 Å². The number of fused-ring (bicyclic) bond motifs is 1. The zero-order chi connectivity index (χ0) is 21.3. The number of aromatic amines is 1. The van der Waals surface area contributed by atoms with Crippen LogP contribution in [-0.2, 0) is 6.18 Å². The van der Waals surface area contributed by atoms with Gasteiger partial charge in [-0.3, -0.25) is 0 Å². The number of nitriles is 1. The molecule has 1 aromatic carbocycles. The Labute approximate surface area is 169 Å². The van der Waals surface area contributed by atoms with E-state index in [-0.39, 0.29) is 34.3 Å². The van der Waals surface area contributed by atoms with Crippen molar-refractivity contribution in [3.8, 4) is 17.3 Å². The second-order valence-corrected chi connectivity index (χ2v) is 6.66. The Morgan fingerprint density at radius 2 is 1.90 bits per heavy atom. The number of halogens is 3. The van der Waals surface area contributed by atoms with E-state index >= 15 is 0 Å². The van der Waals surface area contributed by atoms with Crippen molar-refractivity contribution in [2.75, 3.05) is 5.32 Å². The van der Waals surface area contributed by atoms with E-state index < -0.39 is 11.7 Å². The van der Waals surface area contributed by atoms with Crippen LogP contribution in [0.25, 0.3) is 22.3 Å². The van der Waals surface area contributed by atoms with Gasteiger partial charge in [-0.1, -0.05) is 30.3 Å². The summed E-state index contributed by atoms with van der Waals surface area (Å²) < 4.78 is 39.4. The molecule has 0 spiro atoms. The summed E-state index contributed by atoms with van der Waals surface area (Å²) in [5.74, 6) is 0.259. The molecule has 0 radical (unpaired) electrons. The average Bonchev–Trinajstić information content (AvgIpc) is 3.17. The van der Waals surface area contributed by atoms with Crippen molar-refractivity contribution in [1.29, 1.82) is 5.26 Å². The van der Waals surface area contributed by atoms with E-state index in [1.807, 2.05) is 43.3 Å². The van der Waals surface area contributed by atoms with Crippen molar-refractivity contribution in [2.45, 2.75) is 19.1 Å². The average molecular weight is 408 g/mol. The van der Waals surface area contributed by atoms with Gasteiger partial charge in [-0.25, -0.2) is 15.0 Å². The third-order valence-corrected chi connectivity index (χ3v) is 4.67. The Bertz CT molecular complexity index is 1240. The fourth-order valence-electron chi connectivity index (χ4n) is 3.11. The van der Waals surface area contributed by atoms with Crippen LogP contribution >= 0.6 is 0 Å². The SMILES string of the molecule is C[C@@H](Nc1ncc(C#N)c(-c2c[nH]c3ncc(C(F)(F)F)cc23)n1)c1ccccc1. The van der Waals surface area contributed by atoms with Crippen LogP contribution in [0.2, 0.25) is 0 Å². The van der Waals surface area contributed by atoms with Crippen molar-refractivity contribution in [1.82, 2.24) is 19.9 Å². The third kappa shape index (κ3) is 3.67. The molecule has 0 saturated carbocycles. The van der Waals surface area contributed by atoms with Gasteiger partial charge in [-0.2, -0.15) is 18.4 Å². The molecule has 0 aliphatic carbocycles. The molecule has 0 aliphatic heterocycles. The molecular formula is C21H15F3N6. The lowest BCUT2D eigenvalue weighted by Gasteiger charge is -2.15. The van der Waals surface area contributed by atoms with Crippen LogP contribution in [0.4, 0.5) is 19.1 Å². The first-order valence-corrected chi connectivity index (χ1v) is 9.00. The van der Waals surface area contributed by atoms with Gasteiger partial charge in [0, 0.05) is 23.3 Å². The van der Waals surface area contributed by atoms with Gasteiger partial charge in [0.25, 0.3) is 0 Å². The largest absolute Gasteiger partial charge is 0.417 e. The number of alkyl halides is 3. The van der Waals surface area contributed by atoms with Crippen molar-refractivity contribution in [3.05, 3.63) is 71.7 Å². The van der Waals surface area contributed by atoms with Crippen LogP contribution in [-0.4, -0.2) is 19.9 Å². The summed E-state index contributed by atoms with van der Waals surface area (Å²) in [5, 5.41) is 12.8. The Morgan fingerprint density at radius 3 is 2.60 bits per heavy atom. The van der Waals surface area contributed by atoms with Crippen LogP contribution < -0.4 is 5.32 Å². The molecule has 9 heteroatoms. The lowest BCUT2D eigenvalue weighted by molar-refractivity contribution is -0.137. The van der Waals surface area contributed by atoms with Crippen molar-refractivity contribution < 1.29 is 13.2 Å². The fourth-order valence-corrected chi connectivity index (χ4v) is 3.11. The second kappa shape index (κ2) is 7.48. The van der Waals surface area contributed by atoms with Crippen molar-refractivity contribution >= 4 is 17.0 Å². The van der Waals surface area contributed by atoms with Crippen molar-refractivity contribution in [2.24, 2.45) is 0 Å². The summed E-state index contributed by atoms with van der Waals surface area (Å²) in [7, 11) is 0. The van der Waals surface area contributed by atoms with Crippen molar-refractivity contribution in [3.63, 3.8) is 0 Å². The van der Waals surface area contributed by atoms with Crippen LogP contribution in [0.1, 0.15) is 29.7 Å². The smallest absolute Gasteiger partial charge is 0.348 e. The standard InChI is InChI=1S/C21H15F3N6/c1-12(13-5-3-2-4-6-13)29-20-28-9-14(8-25)18(30-20)17-11-27-19-16(17)7-15(10-26-19)21(22,23)24/h2-7,9-12H,1H3,(H,26,27)(H,28,29,30)/t12-/m1/s1. The van der Waals surface area contributed by atoms with Crippen LogP contribution in [0.5, 0.6) is 0 Å². The first-order valence-electron chi connectivity index (χ1n) is 9.00. The number of nitrogens with zero attached hydrogens (tertiary/aromatic N) is 4. The van der Waals surface area contributed by atoms with Gasteiger partial charge in [0.05, 0.1) is 29.1 Å². The summed E-state index contributed by atoms with van der Waals surface area (Å²) in [5.41, 5.74) is 1.12. The zero-order valence-corrected chi connectivity index (χ0v) is 15.7. The van der Waals surface area contributed by atoms with Gasteiger partial charge in [0.15, 0.2) is 0 Å². The maximum atomic E-state index is 13.1. The number of benzene rings is 1. The minimum absolute atomic E-state index is 0.117.